The molecule has 0 fully saturated rings. The SMILES string of the molecule is Cc1ccc(C(C)(C)C)cc1N(c1ccccc1)c1ccc2c(-c3ccccc3)c3c(c(-c4ccccc4)c2c1)-c1c-3c(-c2ccccc2)c2ccc(N(c3ccccc3)c3cccc4c3oc3c(C(C)(C)C)cccc34)cc2c1-c1ccccc1. The molecule has 13 aromatic carbocycles. The van der Waals surface area contributed by atoms with E-state index < -0.39 is 0 Å². The summed E-state index contributed by atoms with van der Waals surface area (Å²) in [5, 5.41) is 6.98. The number of rotatable bonds is 10. The molecule has 1 aliphatic carbocycles. The van der Waals surface area contributed by atoms with Crippen LogP contribution in [0.15, 0.2) is 277 Å². The highest BCUT2D eigenvalue weighted by Gasteiger charge is 2.39. The molecular weight excluding hydrogens is 1040 g/mol. The van der Waals surface area contributed by atoms with Gasteiger partial charge in [-0.3, -0.25) is 0 Å². The van der Waals surface area contributed by atoms with E-state index in [2.05, 4.69) is 331 Å². The van der Waals surface area contributed by atoms with E-state index >= 15 is 0 Å². The van der Waals surface area contributed by atoms with E-state index in [9.17, 15) is 0 Å². The van der Waals surface area contributed by atoms with Crippen LogP contribution in [0.2, 0.25) is 0 Å². The Morgan fingerprint density at radius 3 is 1.07 bits per heavy atom. The van der Waals surface area contributed by atoms with Gasteiger partial charge in [-0.2, -0.15) is 0 Å². The van der Waals surface area contributed by atoms with Crippen molar-refractivity contribution in [3.8, 4) is 66.8 Å². The number of para-hydroxylation sites is 4. The molecule has 1 heterocycles. The number of anilines is 6. The second-order valence-electron chi connectivity index (χ2n) is 25.2. The summed E-state index contributed by atoms with van der Waals surface area (Å²) in [6, 6.07) is 101. The van der Waals surface area contributed by atoms with Gasteiger partial charge in [0.1, 0.15) is 5.58 Å². The van der Waals surface area contributed by atoms with Crippen LogP contribution in [0, 0.1) is 6.92 Å². The van der Waals surface area contributed by atoms with Crippen molar-refractivity contribution in [3.05, 3.63) is 290 Å². The third-order valence-electron chi connectivity index (χ3n) is 17.7. The lowest BCUT2D eigenvalue weighted by Gasteiger charge is -2.38. The monoisotopic (exact) mass is 1110 g/mol. The van der Waals surface area contributed by atoms with E-state index in [4.69, 9.17) is 4.42 Å². The molecule has 0 saturated heterocycles. The van der Waals surface area contributed by atoms with Gasteiger partial charge in [-0.25, -0.2) is 0 Å². The molecule has 0 amide bonds. The van der Waals surface area contributed by atoms with Crippen molar-refractivity contribution in [2.24, 2.45) is 0 Å². The second-order valence-corrected chi connectivity index (χ2v) is 25.2. The maximum atomic E-state index is 7.20. The predicted octanol–water partition coefficient (Wildman–Crippen LogP) is 24.1. The quantitative estimate of drug-likeness (QED) is 0.136. The third-order valence-corrected chi connectivity index (χ3v) is 17.7. The standard InChI is InChI=1S/C83H66N2O/c1-53-44-45-58(82(2,3)4)50-71(53)85(60-38-24-13-25-39-60)62-47-49-64-68(52-62)75(57-34-20-11-21-35-57)79-77(73(64)55-30-16-9-17-31-55)76-72(54-28-14-8-15-29-54)63-48-46-61(51-67(63)74(78(76)79)56-32-18-10-19-33-56)84(59-36-22-12-23-37-59)70-43-27-41-66-65-40-26-42-69(83(5,6)7)80(65)86-81(66)70/h8-52H,1-7H3. The summed E-state index contributed by atoms with van der Waals surface area (Å²) in [5.74, 6) is 0. The lowest BCUT2D eigenvalue weighted by atomic mass is 9.65. The summed E-state index contributed by atoms with van der Waals surface area (Å²) in [4.78, 5) is 4.88. The summed E-state index contributed by atoms with van der Waals surface area (Å²) in [7, 11) is 0. The average Bonchev–Trinajstić information content (AvgIpc) is 0.755. The Morgan fingerprint density at radius 2 is 0.651 bits per heavy atom. The van der Waals surface area contributed by atoms with Crippen LogP contribution >= 0.6 is 0 Å². The Bertz CT molecular complexity index is 4920. The first-order valence-corrected chi connectivity index (χ1v) is 30.2. The molecular formula is C83H66N2O. The first-order chi connectivity index (χ1) is 41.9. The predicted molar refractivity (Wildman–Crippen MR) is 366 cm³/mol. The van der Waals surface area contributed by atoms with Gasteiger partial charge >= 0.3 is 0 Å². The molecule has 414 valence electrons. The number of hydrogen-bond donors (Lipinski definition) is 0. The highest BCUT2D eigenvalue weighted by atomic mass is 16.3. The molecule has 1 aliphatic rings. The second kappa shape index (κ2) is 20.5. The van der Waals surface area contributed by atoms with E-state index in [1.54, 1.807) is 0 Å². The molecule has 0 spiro atoms. The van der Waals surface area contributed by atoms with Crippen LogP contribution in [0.5, 0.6) is 0 Å². The topological polar surface area (TPSA) is 19.6 Å². The van der Waals surface area contributed by atoms with Crippen LogP contribution < -0.4 is 9.80 Å². The first kappa shape index (κ1) is 52.6. The lowest BCUT2D eigenvalue weighted by molar-refractivity contribution is 0.573. The molecule has 15 rings (SSSR count). The average molecular weight is 1110 g/mol. The van der Waals surface area contributed by atoms with Gasteiger partial charge in [0.15, 0.2) is 5.58 Å². The number of nitrogens with zero attached hydrogens (tertiary/aromatic N) is 2. The van der Waals surface area contributed by atoms with Crippen molar-refractivity contribution in [1.29, 1.82) is 0 Å². The zero-order valence-electron chi connectivity index (χ0n) is 49.8. The van der Waals surface area contributed by atoms with Crippen molar-refractivity contribution < 1.29 is 4.42 Å². The van der Waals surface area contributed by atoms with Gasteiger partial charge < -0.3 is 14.2 Å². The molecule has 0 saturated carbocycles. The number of aryl methyl sites for hydroxylation is 1. The highest BCUT2D eigenvalue weighted by Crippen LogP contribution is 2.66. The fourth-order valence-electron chi connectivity index (χ4n) is 13.7. The summed E-state index contributed by atoms with van der Waals surface area (Å²) in [5.41, 5.74) is 26.4. The van der Waals surface area contributed by atoms with E-state index in [0.717, 1.165) is 55.9 Å². The number of hydrogen-bond acceptors (Lipinski definition) is 3. The van der Waals surface area contributed by atoms with Crippen molar-refractivity contribution in [3.63, 3.8) is 0 Å². The van der Waals surface area contributed by atoms with Gasteiger partial charge in [-0.05, 0) is 178 Å². The summed E-state index contributed by atoms with van der Waals surface area (Å²) in [6.07, 6.45) is 0. The normalized spacial score (nSPS) is 12.1. The molecule has 3 nitrogen and oxygen atoms in total. The molecule has 3 heteroatoms. The van der Waals surface area contributed by atoms with Crippen LogP contribution in [0.3, 0.4) is 0 Å². The van der Waals surface area contributed by atoms with E-state index in [1.165, 1.54) is 105 Å². The molecule has 0 unspecified atom stereocenters. The summed E-state index contributed by atoms with van der Waals surface area (Å²) in [6.45, 7) is 16.0. The van der Waals surface area contributed by atoms with Crippen LogP contribution in [0.25, 0.3) is 110 Å². The maximum absolute atomic E-state index is 7.20. The van der Waals surface area contributed by atoms with Gasteiger partial charge in [-0.15, -0.1) is 0 Å². The van der Waals surface area contributed by atoms with Gasteiger partial charge in [-0.1, -0.05) is 254 Å². The summed E-state index contributed by atoms with van der Waals surface area (Å²) < 4.78 is 7.20. The van der Waals surface area contributed by atoms with Gasteiger partial charge in [0, 0.05) is 44.8 Å². The minimum Gasteiger partial charge on any atom is -0.454 e. The Labute approximate surface area is 504 Å². The number of benzene rings is 13. The van der Waals surface area contributed by atoms with Gasteiger partial charge in [0.05, 0.1) is 5.69 Å². The van der Waals surface area contributed by atoms with E-state index in [0.29, 0.717) is 0 Å². The zero-order chi connectivity index (χ0) is 58.4. The lowest BCUT2D eigenvalue weighted by Crippen LogP contribution is -2.15. The molecule has 86 heavy (non-hydrogen) atoms. The van der Waals surface area contributed by atoms with Crippen molar-refractivity contribution in [2.45, 2.75) is 59.3 Å². The van der Waals surface area contributed by atoms with Gasteiger partial charge in [0.25, 0.3) is 0 Å². The fourth-order valence-corrected chi connectivity index (χ4v) is 13.7. The largest absolute Gasteiger partial charge is 0.454 e. The summed E-state index contributed by atoms with van der Waals surface area (Å²) >= 11 is 0. The van der Waals surface area contributed by atoms with Crippen LogP contribution in [-0.2, 0) is 10.8 Å². The van der Waals surface area contributed by atoms with Crippen molar-refractivity contribution in [1.82, 2.24) is 0 Å². The van der Waals surface area contributed by atoms with Crippen molar-refractivity contribution in [2.75, 3.05) is 9.80 Å². The highest BCUT2D eigenvalue weighted by molar-refractivity contribution is 6.33. The number of furan rings is 1. The number of fused-ring (bicyclic) bond motifs is 9. The molecule has 14 aromatic rings. The Hall–Kier alpha value is -10.2. The smallest absolute Gasteiger partial charge is 0.159 e. The molecule has 0 N–H and O–H groups in total. The molecule has 1 aromatic heterocycles. The Balaban J connectivity index is 1.08. The van der Waals surface area contributed by atoms with Gasteiger partial charge in [0.2, 0.25) is 0 Å². The first-order valence-electron chi connectivity index (χ1n) is 30.2. The Morgan fingerprint density at radius 1 is 0.267 bits per heavy atom. The van der Waals surface area contributed by atoms with Crippen molar-refractivity contribution >= 4 is 77.6 Å². The minimum absolute atomic E-state index is 0.0478. The Kier molecular flexibility index (Phi) is 12.6. The zero-order valence-corrected chi connectivity index (χ0v) is 49.8. The van der Waals surface area contributed by atoms with Crippen LogP contribution in [-0.4, -0.2) is 0 Å². The molecule has 0 atom stereocenters. The van der Waals surface area contributed by atoms with E-state index in [1.807, 2.05) is 0 Å². The molecule has 0 aliphatic heterocycles. The molecule has 0 bridgehead atoms. The maximum Gasteiger partial charge on any atom is 0.159 e. The van der Waals surface area contributed by atoms with Crippen LogP contribution in [0.1, 0.15) is 58.2 Å². The minimum atomic E-state index is -0.118. The van der Waals surface area contributed by atoms with Crippen LogP contribution in [0.4, 0.5) is 34.1 Å². The van der Waals surface area contributed by atoms with E-state index in [-0.39, 0.29) is 10.8 Å². The fraction of sp³-hybridized carbons (Fsp3) is 0.108. The molecule has 0 radical (unpaired) electrons. The third kappa shape index (κ3) is 8.63.